The molecule has 0 bridgehead atoms. The maximum absolute atomic E-state index is 15.3. The van der Waals surface area contributed by atoms with Crippen molar-refractivity contribution in [2.24, 2.45) is 0 Å². The molecule has 15 rings (SSSR count). The number of esters is 1. The van der Waals surface area contributed by atoms with Crippen LogP contribution < -0.4 is 5.32 Å². The number of rotatable bonds is 37. The van der Waals surface area contributed by atoms with E-state index in [2.05, 4.69) is 5.32 Å². The second kappa shape index (κ2) is 45.2. The molecule has 6 heterocycles. The summed E-state index contributed by atoms with van der Waals surface area (Å²) in [6.07, 6.45) is -30.8. The van der Waals surface area contributed by atoms with E-state index in [1.54, 1.807) is 51.1 Å². The number of amides is 1. The number of carbonyl (C=O) groups excluding carboxylic acids is 2. The lowest BCUT2D eigenvalue weighted by molar-refractivity contribution is -0.415. The highest BCUT2D eigenvalue weighted by Gasteiger charge is 2.61. The number of aliphatic hydroxyl groups is 1. The Bertz CT molecular complexity index is 4770. The van der Waals surface area contributed by atoms with Crippen molar-refractivity contribution in [3.8, 4) is 0 Å². The van der Waals surface area contributed by atoms with Gasteiger partial charge in [-0.05, 0) is 91.3 Å². The number of ether oxygens (including phenoxy) is 21. The first kappa shape index (κ1) is 93.6. The number of halogens is 3. The van der Waals surface area contributed by atoms with Crippen molar-refractivity contribution in [2.45, 2.75) is 251 Å². The molecule has 6 saturated heterocycles. The van der Waals surface area contributed by atoms with Gasteiger partial charge in [-0.1, -0.05) is 296 Å². The standard InChI is InChI=1S/C99H110Cl3NO24/c1-62-79(110-54-67-38-20-9-21-39-67)84(113-57-70-44-26-12-27-45-70)89(126-96-88(125-92-76(103-97(106)99(100,101)102)77(104)81-75(120-92)61-116-98(4,5)127-81)83(112-56-69-42-24-11-25-43-69)78(63(2)119-96)109-53-66-36-18-8-19-37-66)95(118-62)124-86-80(64(3)117-93(107-6)90(86)122-91(105)73-50-32-15-33-51-73)123-94-87(115-59-72-48-30-14-31-49-72)85(114-58-71-46-28-13-29-47-71)82(111-55-68-40-22-10-23-41-68)74(121-94)60-108-52-65-34-16-7-17-35-65/h7-51,62-64,74-90,92-96,104H,52-61H2,1-6H3,(H,103,106)/t62-,63-,64-,74+,75+,76+,77+,78-,79-,80-,81+,82+,83+,84+,85-,86+,87+,88+,89+,90+,92-,93+,94+,95-,96-/m0/s1. The molecule has 0 aromatic heterocycles. The molecule has 0 unspecified atom stereocenters. The van der Waals surface area contributed by atoms with Gasteiger partial charge in [0.15, 0.2) is 43.3 Å². The van der Waals surface area contributed by atoms with Crippen LogP contribution in [-0.2, 0) is 157 Å². The molecule has 1 amide bonds. The summed E-state index contributed by atoms with van der Waals surface area (Å²) >= 11 is 19.2. The van der Waals surface area contributed by atoms with Crippen molar-refractivity contribution < 1.29 is 114 Å². The first-order valence-corrected chi connectivity index (χ1v) is 44.2. The van der Waals surface area contributed by atoms with Crippen LogP contribution >= 0.6 is 34.8 Å². The Hall–Kier alpha value is -8.05. The molecule has 0 aliphatic carbocycles. The minimum absolute atomic E-state index is 0.0360. The second-order valence-corrected chi connectivity index (χ2v) is 35.0. The maximum atomic E-state index is 15.3. The van der Waals surface area contributed by atoms with E-state index in [1.807, 2.05) is 257 Å². The van der Waals surface area contributed by atoms with Gasteiger partial charge < -0.3 is 110 Å². The van der Waals surface area contributed by atoms with Gasteiger partial charge in [0, 0.05) is 7.11 Å². The number of hydrogen-bond donors (Lipinski definition) is 2. The molecule has 6 aliphatic heterocycles. The van der Waals surface area contributed by atoms with E-state index in [1.165, 1.54) is 7.11 Å². The van der Waals surface area contributed by atoms with E-state index in [0.29, 0.717) is 0 Å². The summed E-state index contributed by atoms with van der Waals surface area (Å²) in [7, 11) is 1.43. The average Bonchev–Trinajstić information content (AvgIpc) is 0.764. The quantitative estimate of drug-likeness (QED) is 0.0271. The second-order valence-electron chi connectivity index (χ2n) is 32.7. The summed E-state index contributed by atoms with van der Waals surface area (Å²) < 4.78 is 148. The lowest BCUT2D eigenvalue weighted by Gasteiger charge is -2.53. The SMILES string of the molecule is CO[C@@H]1O[C@@H](C)[C@H](O[C@H]2O[C@H](COCc3ccccc3)[C@@H](OCc3ccccc3)[C@H](OCc3ccccc3)[C@H]2OCc2ccccc2)[C@@H](O[C@@H]2O[C@@H](C)[C@H](OCc3ccccc3)[C@@H](OCc3ccccc3)[C@H]2O[C@@H]2O[C@@H](C)[C@H](OCc3ccccc3)[C@@H](OCc3ccccc3)[C@H]2O[C@@H]2O[C@@H]3COC(C)(C)O[C@H]3[C@H](O)[C@H]2NC(=O)C(Cl)(Cl)Cl)[C@H]1OC(=O)c1ccccc1. The van der Waals surface area contributed by atoms with Crippen molar-refractivity contribution in [1.82, 2.24) is 5.32 Å². The zero-order valence-electron chi connectivity index (χ0n) is 71.5. The molecule has 25 atom stereocenters. The first-order valence-electron chi connectivity index (χ1n) is 43.0. The number of aliphatic hydroxyl groups excluding tert-OH is 1. The van der Waals surface area contributed by atoms with Crippen molar-refractivity contribution in [3.05, 3.63) is 323 Å². The van der Waals surface area contributed by atoms with E-state index >= 15 is 4.79 Å². The van der Waals surface area contributed by atoms with Crippen LogP contribution in [0.2, 0.25) is 0 Å². The molecule has 9 aromatic carbocycles. The molecule has 2 N–H and O–H groups in total. The van der Waals surface area contributed by atoms with Crippen LogP contribution in [0.3, 0.4) is 0 Å². The number of nitrogens with one attached hydrogen (secondary N) is 1. The molecule has 25 nitrogen and oxygen atoms in total. The van der Waals surface area contributed by atoms with Crippen LogP contribution in [0.4, 0.5) is 0 Å². The number of methoxy groups -OCH3 is 1. The highest BCUT2D eigenvalue weighted by atomic mass is 35.6. The fraction of sp³-hybridized carbons (Fsp3) is 0.434. The summed E-state index contributed by atoms with van der Waals surface area (Å²) in [5, 5.41) is 15.5. The largest absolute Gasteiger partial charge is 0.450 e. The molecule has 676 valence electrons. The Balaban J connectivity index is 0.882. The van der Waals surface area contributed by atoms with Gasteiger partial charge in [-0.15, -0.1) is 0 Å². The van der Waals surface area contributed by atoms with E-state index in [-0.39, 0.29) is 71.6 Å². The molecule has 0 radical (unpaired) electrons. The predicted molar refractivity (Wildman–Crippen MR) is 467 cm³/mol. The number of benzene rings is 9. The molecule has 28 heteroatoms. The van der Waals surface area contributed by atoms with Gasteiger partial charge in [0.1, 0.15) is 97.6 Å². The third-order valence-electron chi connectivity index (χ3n) is 23.1. The van der Waals surface area contributed by atoms with E-state index in [9.17, 15) is 9.90 Å². The number of hydrogen-bond acceptors (Lipinski definition) is 24. The number of alkyl halides is 3. The molecule has 127 heavy (non-hydrogen) atoms. The Kier molecular flexibility index (Phi) is 33.3. The molecule has 6 fully saturated rings. The van der Waals surface area contributed by atoms with E-state index < -0.39 is 175 Å². The molecular formula is C99H110Cl3NO24. The third kappa shape index (κ3) is 25.0. The van der Waals surface area contributed by atoms with Crippen LogP contribution in [0, 0.1) is 0 Å². The minimum atomic E-state index is -2.57. The van der Waals surface area contributed by atoms with Crippen molar-refractivity contribution in [1.29, 1.82) is 0 Å². The van der Waals surface area contributed by atoms with Gasteiger partial charge in [0.25, 0.3) is 9.70 Å². The molecule has 0 saturated carbocycles. The van der Waals surface area contributed by atoms with Crippen molar-refractivity contribution in [3.63, 3.8) is 0 Å². The number of carbonyl (C=O) groups is 2. The molecule has 9 aromatic rings. The van der Waals surface area contributed by atoms with Gasteiger partial charge in [-0.2, -0.15) is 0 Å². The lowest BCUT2D eigenvalue weighted by atomic mass is 9.94. The highest BCUT2D eigenvalue weighted by Crippen LogP contribution is 2.44. The van der Waals surface area contributed by atoms with Crippen LogP contribution in [0.1, 0.15) is 89.5 Å². The van der Waals surface area contributed by atoms with Gasteiger partial charge >= 0.3 is 5.97 Å². The molecular weight excluding hydrogens is 1690 g/mol. The normalized spacial score (nSPS) is 30.8. The van der Waals surface area contributed by atoms with Crippen molar-refractivity contribution >= 4 is 46.7 Å². The van der Waals surface area contributed by atoms with Crippen LogP contribution in [0.25, 0.3) is 0 Å². The molecule has 6 aliphatic rings. The van der Waals surface area contributed by atoms with Crippen LogP contribution in [0.15, 0.2) is 273 Å². The van der Waals surface area contributed by atoms with Crippen LogP contribution in [0.5, 0.6) is 0 Å². The smallest absolute Gasteiger partial charge is 0.338 e. The summed E-state index contributed by atoms with van der Waals surface area (Å²) in [5.74, 6) is -3.14. The molecule has 0 spiro atoms. The highest BCUT2D eigenvalue weighted by molar-refractivity contribution is 6.76. The van der Waals surface area contributed by atoms with Gasteiger partial charge in [-0.25, -0.2) is 4.79 Å². The van der Waals surface area contributed by atoms with Crippen molar-refractivity contribution in [2.75, 3.05) is 20.3 Å². The summed E-state index contributed by atoms with van der Waals surface area (Å²) in [5.41, 5.74) is 6.85. The summed E-state index contributed by atoms with van der Waals surface area (Å²) in [4.78, 5) is 29.6. The monoisotopic (exact) mass is 1800 g/mol. The zero-order valence-corrected chi connectivity index (χ0v) is 73.7. The van der Waals surface area contributed by atoms with Gasteiger partial charge in [0.05, 0.1) is 89.9 Å². The average molecular weight is 1800 g/mol. The number of fused-ring (bicyclic) bond motifs is 1. The predicted octanol–water partition coefficient (Wildman–Crippen LogP) is 14.8. The minimum Gasteiger partial charge on any atom is -0.450 e. The summed E-state index contributed by atoms with van der Waals surface area (Å²) in [6.45, 7) is 9.17. The van der Waals surface area contributed by atoms with Gasteiger partial charge in [0.2, 0.25) is 0 Å². The Morgan fingerprint density at radius 1 is 0.386 bits per heavy atom. The summed E-state index contributed by atoms with van der Waals surface area (Å²) in [6, 6.07) is 84.2. The van der Waals surface area contributed by atoms with Crippen LogP contribution in [-0.4, -0.2) is 200 Å². The Morgan fingerprint density at radius 2 is 0.717 bits per heavy atom. The topological polar surface area (TPSA) is 260 Å². The Labute approximate surface area is 755 Å². The van der Waals surface area contributed by atoms with E-state index in [0.717, 1.165) is 44.5 Å². The fourth-order valence-corrected chi connectivity index (χ4v) is 16.7. The first-order chi connectivity index (χ1) is 61.8. The van der Waals surface area contributed by atoms with Gasteiger partial charge in [-0.3, -0.25) is 4.79 Å². The maximum Gasteiger partial charge on any atom is 0.338 e. The third-order valence-corrected chi connectivity index (χ3v) is 23.6. The lowest BCUT2D eigenvalue weighted by Crippen LogP contribution is -2.71. The van der Waals surface area contributed by atoms with E-state index in [4.69, 9.17) is 134 Å². The Morgan fingerprint density at radius 3 is 1.13 bits per heavy atom. The zero-order chi connectivity index (χ0) is 88.2. The fourth-order valence-electron chi connectivity index (χ4n) is 16.6.